The van der Waals surface area contributed by atoms with Crippen molar-refractivity contribution in [2.75, 3.05) is 116 Å². The summed E-state index contributed by atoms with van der Waals surface area (Å²) < 4.78 is 0. The Labute approximate surface area is 849 Å². The number of amides is 8. The normalized spacial score (nSPS) is 18.1. The van der Waals surface area contributed by atoms with Gasteiger partial charge in [-0.3, -0.25) is 48.2 Å². The van der Waals surface area contributed by atoms with Crippen molar-refractivity contribution < 1.29 is 103 Å². The van der Waals surface area contributed by atoms with Crippen molar-refractivity contribution >= 4 is 212 Å². The molecular formula is C98H114N6O21S12. The molecule has 6 aromatic rings. The second kappa shape index (κ2) is 56.4. The van der Waals surface area contributed by atoms with Crippen molar-refractivity contribution in [1.29, 1.82) is 0 Å². The number of hydrogen-bond acceptors (Lipinski definition) is 29. The van der Waals surface area contributed by atoms with Gasteiger partial charge in [0.15, 0.2) is 0 Å². The number of thioether (sulfide) groups is 12. The van der Waals surface area contributed by atoms with Gasteiger partial charge in [0, 0.05) is 113 Å². The van der Waals surface area contributed by atoms with E-state index in [4.69, 9.17) is 0 Å². The minimum Gasteiger partial charge on any atom is -0.477 e. The number of aliphatic carboxylic acids is 4. The van der Waals surface area contributed by atoms with Gasteiger partial charge < -0.3 is 66.0 Å². The maximum absolute atomic E-state index is 13.0. The number of nitrogens with zero attached hydrogens (tertiary/aromatic N) is 5. The largest absolute Gasteiger partial charge is 0.477 e. The molecule has 27 nitrogen and oxygen atoms in total. The number of nitrogens with one attached hydrogen (secondary N) is 1. The number of benzene rings is 6. The molecule has 0 radical (unpaired) electrons. The summed E-state index contributed by atoms with van der Waals surface area (Å²) in [4.78, 5) is 158. The van der Waals surface area contributed by atoms with Crippen molar-refractivity contribution in [3.63, 3.8) is 0 Å². The van der Waals surface area contributed by atoms with Crippen LogP contribution in [0.25, 0.3) is 0 Å². The molecule has 10 N–H and O–H groups in total. The van der Waals surface area contributed by atoms with Gasteiger partial charge >= 0.3 is 23.9 Å². The van der Waals surface area contributed by atoms with Gasteiger partial charge in [0.25, 0.3) is 47.3 Å². The van der Waals surface area contributed by atoms with Crippen LogP contribution < -0.4 is 5.32 Å². The van der Waals surface area contributed by atoms with Gasteiger partial charge in [0.05, 0.1) is 95.9 Å². The van der Waals surface area contributed by atoms with E-state index in [0.717, 1.165) is 97.6 Å². The van der Waals surface area contributed by atoms with Crippen LogP contribution in [0.2, 0.25) is 0 Å². The number of carboxylic acids is 4. The minimum atomic E-state index is -1.14. The van der Waals surface area contributed by atoms with E-state index < -0.39 is 60.6 Å². The lowest BCUT2D eigenvalue weighted by atomic mass is 9.92. The first-order chi connectivity index (χ1) is 65.8. The van der Waals surface area contributed by atoms with Gasteiger partial charge in [-0.05, 0) is 67.5 Å². The molecule has 0 spiro atoms. The van der Waals surface area contributed by atoms with Gasteiger partial charge in [-0.25, -0.2) is 19.2 Å². The first-order valence-corrected chi connectivity index (χ1v) is 55.9. The number of carboxylic acid groups (broad SMARTS) is 4. The van der Waals surface area contributed by atoms with E-state index in [2.05, 4.69) is 12.2 Å². The molecule has 0 saturated heterocycles. The second-order valence-corrected chi connectivity index (χ2v) is 44.8. The lowest BCUT2D eigenvalue weighted by molar-refractivity contribution is -0.142. The predicted molar refractivity (Wildman–Crippen MR) is 560 cm³/mol. The summed E-state index contributed by atoms with van der Waals surface area (Å²) in [6, 6.07) is 53.5. The Bertz CT molecular complexity index is 5160. The Kier molecular flexibility index (Phi) is 46.3. The van der Waals surface area contributed by atoms with Crippen molar-refractivity contribution in [3.8, 4) is 0 Å². The van der Waals surface area contributed by atoms with Crippen LogP contribution in [-0.2, 0) is 57.5 Å². The maximum Gasteiger partial charge on any atom is 0.343 e. The topological polar surface area (TPSA) is 415 Å². The molecule has 0 aliphatic carbocycles. The van der Waals surface area contributed by atoms with E-state index in [1.54, 1.807) is 29.0 Å². The zero-order chi connectivity index (χ0) is 99.7. The van der Waals surface area contributed by atoms with Crippen LogP contribution in [0.4, 0.5) is 0 Å². The van der Waals surface area contributed by atoms with E-state index >= 15 is 0 Å². The lowest BCUT2D eigenvalue weighted by Crippen LogP contribution is -2.46. The third kappa shape index (κ3) is 30.0. The number of aliphatic hydroxyl groups excluding tert-OH is 5. The summed E-state index contributed by atoms with van der Waals surface area (Å²) in [5.41, 5.74) is 6.78. The summed E-state index contributed by atoms with van der Waals surface area (Å²) in [5, 5.41) is 88.5. The Morgan fingerprint density at radius 3 is 0.927 bits per heavy atom. The molecule has 0 fully saturated rings. The van der Waals surface area contributed by atoms with Gasteiger partial charge in [-0.2, -0.15) is 0 Å². The standard InChI is InChI=1S/2C17H21NO3S2.C16H19NO5S2.C16H19NO4S2.2C16H17NO3S2/c1-11(13-7-5-4-6-8-13)12(2)18(3)16(19)14-15(17(20)21)23-10-9-22-14;1-3-9-18(12(2)13-7-5-4-6-8-13)16(19)14-15(17(20)21)23-11-10-22-14;1-9-2-4-10(5-3-9)12(19)11(8-18)17-15(20)13-14(16(21)22)24-7-6-23-13;1-11(12-5-3-2-4-6-12)17(7-8-18)15(19)13-14(16(20)21)23-10-9-22-13;2*1-10(11-5-3-2-4-6-11)12(9-18)17-15(19)13-14(16(17)20)22-8-7-21-13/h4-8,11-12H,9-10H2,1-3H3,(H,20,21);4-8,12H,3,9-11H2,1-2H3,(H,20,21);2-5,11-12,18-19H,6-8H2,1H3,(H,17,20)(H,21,22);2-6,11,18H,7-10H2,1H3,(H,20,21);2*2-6,10,12,18H,7-9H2,1H3/t11-,12+;12-;11?,12-;11-;10-,12?;10-,12-/m010010/s1. The number of imide groups is 2. The van der Waals surface area contributed by atoms with Crippen LogP contribution in [0.5, 0.6) is 0 Å². The van der Waals surface area contributed by atoms with Crippen LogP contribution in [-0.4, -0.2) is 281 Å². The monoisotopic (exact) mass is 2090 g/mol. The first-order valence-electron chi connectivity index (χ1n) is 44.1. The number of carbonyl (C=O) groups excluding carboxylic acids is 8. The van der Waals surface area contributed by atoms with Gasteiger partial charge in [-0.15, -0.1) is 141 Å². The summed E-state index contributed by atoms with van der Waals surface area (Å²) in [6.45, 7) is 15.4. The quantitative estimate of drug-likeness (QED) is 0.0181. The van der Waals surface area contributed by atoms with Gasteiger partial charge in [-0.1, -0.05) is 209 Å². The summed E-state index contributed by atoms with van der Waals surface area (Å²) in [6.07, 6.45) is -0.258. The molecule has 14 rings (SSSR count). The molecule has 39 heteroatoms. The number of hydrogen-bond donors (Lipinski definition) is 10. The number of aliphatic hydroxyl groups is 5. The zero-order valence-electron chi connectivity index (χ0n) is 77.0. The predicted octanol–water partition coefficient (Wildman–Crippen LogP) is 15.2. The van der Waals surface area contributed by atoms with E-state index in [0.29, 0.717) is 64.6 Å². The van der Waals surface area contributed by atoms with Crippen LogP contribution in [0.1, 0.15) is 130 Å². The fourth-order valence-electron chi connectivity index (χ4n) is 15.1. The Balaban J connectivity index is 0.000000184. The average Bonchev–Trinajstić information content (AvgIpc) is 1.62. The zero-order valence-corrected chi connectivity index (χ0v) is 86.8. The molecule has 8 aliphatic heterocycles. The molecule has 137 heavy (non-hydrogen) atoms. The SMILES string of the molecule is CCCN(C(=O)C1=C(C(=O)O)SCCS1)[C@H](C)c1ccccc1.C[C@@H](c1ccccc1)N(CCO)C(=O)C1=C(C(=O)O)SCCS1.C[C@@H](c1ccccc1)[C@H](CO)N1C(=O)C2=C(SCCS2)C1=O.C[C@H](c1ccccc1)C(CO)N1C(=O)C2=C(SCCS2)C1=O.C[C@H](c1ccccc1)[C@@H](C)N(C)C(=O)C1=C(C(=O)O)SCCS1.Cc1ccc([C@H](O)C(CO)NC(=O)C2=C(C(=O)O)SCCS2)cc1. The molecule has 8 amide bonds. The number of rotatable bonds is 31. The lowest BCUT2D eigenvalue weighted by Gasteiger charge is -2.31. The average molecular weight is 2100 g/mol. The van der Waals surface area contributed by atoms with Crippen molar-refractivity contribution in [3.05, 3.63) is 274 Å². The number of carbonyl (C=O) groups is 12. The van der Waals surface area contributed by atoms with E-state index in [1.807, 2.05) is 212 Å². The first kappa shape index (κ1) is 112. The minimum absolute atomic E-state index is 0.00488. The molecular weight excluding hydrogens is 1980 g/mol. The molecule has 0 bridgehead atoms. The third-order valence-corrected chi connectivity index (χ3v) is 38.1. The second-order valence-electron chi connectivity index (χ2n) is 31.6. The highest BCUT2D eigenvalue weighted by atomic mass is 32.2. The molecule has 8 aliphatic rings. The Hall–Kier alpha value is -8.20. The van der Waals surface area contributed by atoms with E-state index in [-0.39, 0.29) is 133 Å². The Morgan fingerprint density at radius 2 is 0.628 bits per heavy atom. The third-order valence-electron chi connectivity index (χ3n) is 22.9. The molecule has 10 atom stereocenters. The highest BCUT2D eigenvalue weighted by molar-refractivity contribution is 8.13. The summed E-state index contributed by atoms with van der Waals surface area (Å²) >= 11 is 15.8. The summed E-state index contributed by atoms with van der Waals surface area (Å²) in [5.74, 6) is 2.41. The van der Waals surface area contributed by atoms with Crippen LogP contribution in [0.3, 0.4) is 0 Å². The van der Waals surface area contributed by atoms with Crippen molar-refractivity contribution in [2.24, 2.45) is 0 Å². The Morgan fingerprint density at radius 1 is 0.350 bits per heavy atom. The molecule has 0 saturated carbocycles. The van der Waals surface area contributed by atoms with Gasteiger partial charge in [0.2, 0.25) is 0 Å². The maximum atomic E-state index is 13.0. The summed E-state index contributed by atoms with van der Waals surface area (Å²) in [7, 11) is 1.75. The van der Waals surface area contributed by atoms with E-state index in [9.17, 15) is 103 Å². The van der Waals surface area contributed by atoms with Crippen LogP contribution in [0, 0.1) is 6.92 Å². The highest BCUT2D eigenvalue weighted by Crippen LogP contribution is 2.47. The van der Waals surface area contributed by atoms with Crippen LogP contribution >= 0.6 is 141 Å². The van der Waals surface area contributed by atoms with Gasteiger partial charge in [0.1, 0.15) is 25.7 Å². The molecule has 8 heterocycles. The van der Waals surface area contributed by atoms with Crippen LogP contribution in [0.15, 0.2) is 235 Å². The molecule has 2 unspecified atom stereocenters. The number of aryl methyl sites for hydroxylation is 1. The van der Waals surface area contributed by atoms with E-state index in [1.165, 1.54) is 144 Å². The fraction of sp³-hybridized carbons (Fsp3) is 0.388. The van der Waals surface area contributed by atoms with Crippen molar-refractivity contribution in [2.45, 2.75) is 122 Å². The van der Waals surface area contributed by atoms with Crippen molar-refractivity contribution in [1.82, 2.24) is 29.8 Å². The number of likely N-dealkylation sites (N-methyl/N-ethyl adjacent to an activating group) is 1. The molecule has 734 valence electrons. The smallest absolute Gasteiger partial charge is 0.343 e. The fourth-order valence-corrected chi connectivity index (χ4v) is 28.6. The molecule has 6 aromatic carbocycles. The highest BCUT2D eigenvalue weighted by Gasteiger charge is 2.48. The molecule has 0 aromatic heterocycles.